The molecule has 0 radical (unpaired) electrons. The summed E-state index contributed by atoms with van der Waals surface area (Å²) in [5.41, 5.74) is 2.18. The van der Waals surface area contributed by atoms with Crippen molar-refractivity contribution >= 4 is 51.8 Å². The maximum Gasteiger partial charge on any atom is 0.295 e. The van der Waals surface area contributed by atoms with Crippen LogP contribution < -0.4 is 16.2 Å². The van der Waals surface area contributed by atoms with E-state index in [1.807, 2.05) is 60.7 Å². The van der Waals surface area contributed by atoms with Crippen molar-refractivity contribution < 1.29 is 9.59 Å². The second kappa shape index (κ2) is 11.0. The summed E-state index contributed by atoms with van der Waals surface area (Å²) >= 11 is 2.34. The van der Waals surface area contributed by atoms with Crippen molar-refractivity contribution in [3.05, 3.63) is 88.4 Å². The van der Waals surface area contributed by atoms with Crippen LogP contribution in [0, 0.1) is 6.92 Å². The number of amides is 2. The number of thioether (sulfide) groups is 1. The molecule has 0 spiro atoms. The SMILES string of the molecule is Cc1c(NC(=O)CSc2nnc(NC(=O)/C=C/c3ccccc3)s2)c(=O)n(-c2ccccc2)n1C. The normalized spacial score (nSPS) is 11.0. The lowest BCUT2D eigenvalue weighted by atomic mass is 10.2. The Morgan fingerprint density at radius 1 is 1.03 bits per heavy atom. The van der Waals surface area contributed by atoms with Gasteiger partial charge in [-0.2, -0.15) is 0 Å². The third-order valence-corrected chi connectivity index (χ3v) is 6.98. The number of hydrogen-bond acceptors (Lipinski definition) is 7. The van der Waals surface area contributed by atoms with E-state index in [9.17, 15) is 14.4 Å². The molecule has 4 aromatic rings. The van der Waals surface area contributed by atoms with Crippen LogP contribution in [0.3, 0.4) is 0 Å². The summed E-state index contributed by atoms with van der Waals surface area (Å²) in [5.74, 6) is -0.628. The maximum atomic E-state index is 12.9. The first-order valence-electron chi connectivity index (χ1n) is 10.6. The number of carbonyl (C=O) groups excluding carboxylic acids is 2. The summed E-state index contributed by atoms with van der Waals surface area (Å²) in [6.45, 7) is 1.77. The van der Waals surface area contributed by atoms with Crippen molar-refractivity contribution in [1.82, 2.24) is 19.6 Å². The molecule has 11 heteroatoms. The van der Waals surface area contributed by atoms with Crippen LogP contribution in [0.1, 0.15) is 11.3 Å². The summed E-state index contributed by atoms with van der Waals surface area (Å²) < 4.78 is 3.73. The van der Waals surface area contributed by atoms with E-state index in [1.54, 1.807) is 24.7 Å². The fourth-order valence-electron chi connectivity index (χ4n) is 3.22. The zero-order chi connectivity index (χ0) is 24.8. The first-order valence-corrected chi connectivity index (χ1v) is 12.4. The molecule has 2 heterocycles. The van der Waals surface area contributed by atoms with E-state index >= 15 is 0 Å². The second-order valence-corrected chi connectivity index (χ2v) is 9.58. The Kier molecular flexibility index (Phi) is 7.58. The molecule has 2 aromatic heterocycles. The summed E-state index contributed by atoms with van der Waals surface area (Å²) in [5, 5.41) is 13.7. The van der Waals surface area contributed by atoms with Gasteiger partial charge in [-0.3, -0.25) is 24.4 Å². The number of carbonyl (C=O) groups is 2. The Hall–Kier alpha value is -3.96. The van der Waals surface area contributed by atoms with Gasteiger partial charge in [0.25, 0.3) is 5.56 Å². The minimum atomic E-state index is -0.340. The van der Waals surface area contributed by atoms with Crippen LogP contribution in [0.15, 0.2) is 75.9 Å². The molecule has 178 valence electrons. The van der Waals surface area contributed by atoms with Gasteiger partial charge in [0.15, 0.2) is 4.34 Å². The highest BCUT2D eigenvalue weighted by atomic mass is 32.2. The number of hydrogen-bond donors (Lipinski definition) is 2. The number of aromatic nitrogens is 4. The molecule has 0 aliphatic carbocycles. The first-order chi connectivity index (χ1) is 16.9. The molecule has 4 rings (SSSR count). The molecule has 2 aromatic carbocycles. The van der Waals surface area contributed by atoms with Crippen molar-refractivity contribution in [3.8, 4) is 5.69 Å². The number of nitrogens with zero attached hydrogens (tertiary/aromatic N) is 4. The Balaban J connectivity index is 1.33. The molecule has 0 atom stereocenters. The van der Waals surface area contributed by atoms with Crippen LogP contribution in [-0.4, -0.2) is 37.1 Å². The molecular weight excluding hydrogens is 484 g/mol. The second-order valence-electron chi connectivity index (χ2n) is 7.38. The smallest absolute Gasteiger partial charge is 0.295 e. The maximum absolute atomic E-state index is 12.9. The standard InChI is InChI=1S/C24H22N6O3S2/c1-16-21(22(33)30(29(16)2)18-11-7-4-8-12-18)25-20(32)15-34-24-28-27-23(35-24)26-19(31)14-13-17-9-5-3-6-10-17/h3-14H,15H2,1-2H3,(H,25,32)(H,26,27,31)/b14-13+. The molecule has 35 heavy (non-hydrogen) atoms. The van der Waals surface area contributed by atoms with Crippen molar-refractivity contribution in [2.75, 3.05) is 16.4 Å². The summed E-state index contributed by atoms with van der Waals surface area (Å²) in [7, 11) is 1.76. The molecule has 0 unspecified atom stereocenters. The average molecular weight is 507 g/mol. The van der Waals surface area contributed by atoms with Gasteiger partial charge in [-0.25, -0.2) is 4.68 Å². The largest absolute Gasteiger partial charge is 0.319 e. The summed E-state index contributed by atoms with van der Waals surface area (Å²) in [6.07, 6.45) is 3.12. The number of benzene rings is 2. The third-order valence-electron chi connectivity index (χ3n) is 5.01. The van der Waals surface area contributed by atoms with Crippen LogP contribution in [0.4, 0.5) is 10.8 Å². The van der Waals surface area contributed by atoms with E-state index in [-0.39, 0.29) is 28.8 Å². The topological polar surface area (TPSA) is 111 Å². The lowest BCUT2D eigenvalue weighted by Gasteiger charge is -2.07. The van der Waals surface area contributed by atoms with Gasteiger partial charge in [-0.1, -0.05) is 71.6 Å². The van der Waals surface area contributed by atoms with Gasteiger partial charge in [-0.15, -0.1) is 10.2 Å². The van der Waals surface area contributed by atoms with E-state index in [1.165, 1.54) is 33.9 Å². The van der Waals surface area contributed by atoms with Crippen LogP contribution in [0.2, 0.25) is 0 Å². The quantitative estimate of drug-likeness (QED) is 0.214. The predicted molar refractivity (Wildman–Crippen MR) is 139 cm³/mol. The van der Waals surface area contributed by atoms with E-state index < -0.39 is 0 Å². The summed E-state index contributed by atoms with van der Waals surface area (Å²) in [6, 6.07) is 18.7. The number of para-hydroxylation sites is 1. The van der Waals surface area contributed by atoms with Crippen LogP contribution in [-0.2, 0) is 16.6 Å². The average Bonchev–Trinajstić information content (AvgIpc) is 3.40. The van der Waals surface area contributed by atoms with E-state index in [2.05, 4.69) is 20.8 Å². The predicted octanol–water partition coefficient (Wildman–Crippen LogP) is 3.72. The molecule has 0 saturated heterocycles. The lowest BCUT2D eigenvalue weighted by Crippen LogP contribution is -2.23. The Morgan fingerprint density at radius 2 is 1.71 bits per heavy atom. The van der Waals surface area contributed by atoms with Crippen molar-refractivity contribution in [2.24, 2.45) is 7.05 Å². The molecule has 0 fully saturated rings. The molecule has 0 bridgehead atoms. The van der Waals surface area contributed by atoms with Gasteiger partial charge in [-0.05, 0) is 30.7 Å². The van der Waals surface area contributed by atoms with E-state index in [0.717, 1.165) is 5.56 Å². The third kappa shape index (κ3) is 5.94. The highest BCUT2D eigenvalue weighted by Crippen LogP contribution is 2.25. The lowest BCUT2D eigenvalue weighted by molar-refractivity contribution is -0.114. The molecular formula is C24H22N6O3S2. The fraction of sp³-hybridized carbons (Fsp3) is 0.125. The molecule has 0 aliphatic heterocycles. The molecule has 9 nitrogen and oxygen atoms in total. The monoisotopic (exact) mass is 506 g/mol. The van der Waals surface area contributed by atoms with E-state index in [0.29, 0.717) is 20.9 Å². The Bertz CT molecular complexity index is 1420. The number of nitrogens with one attached hydrogen (secondary N) is 2. The molecule has 2 amide bonds. The van der Waals surface area contributed by atoms with Crippen LogP contribution in [0.25, 0.3) is 11.8 Å². The summed E-state index contributed by atoms with van der Waals surface area (Å²) in [4.78, 5) is 37.6. The fourth-order valence-corrected chi connectivity index (χ4v) is 4.77. The Labute approximate surface area is 209 Å². The van der Waals surface area contributed by atoms with Crippen molar-refractivity contribution in [3.63, 3.8) is 0 Å². The van der Waals surface area contributed by atoms with Gasteiger partial charge >= 0.3 is 0 Å². The molecule has 2 N–H and O–H groups in total. The van der Waals surface area contributed by atoms with E-state index in [4.69, 9.17) is 0 Å². The first kappa shape index (κ1) is 24.2. The van der Waals surface area contributed by atoms with Gasteiger partial charge < -0.3 is 5.32 Å². The Morgan fingerprint density at radius 3 is 2.43 bits per heavy atom. The van der Waals surface area contributed by atoms with Gasteiger partial charge in [0.05, 0.1) is 17.1 Å². The minimum Gasteiger partial charge on any atom is -0.319 e. The van der Waals surface area contributed by atoms with Gasteiger partial charge in [0.1, 0.15) is 5.69 Å². The highest BCUT2D eigenvalue weighted by molar-refractivity contribution is 8.01. The van der Waals surface area contributed by atoms with Crippen molar-refractivity contribution in [2.45, 2.75) is 11.3 Å². The van der Waals surface area contributed by atoms with Gasteiger partial charge in [0.2, 0.25) is 16.9 Å². The van der Waals surface area contributed by atoms with Crippen LogP contribution in [0.5, 0.6) is 0 Å². The zero-order valence-corrected chi connectivity index (χ0v) is 20.6. The zero-order valence-electron chi connectivity index (χ0n) is 19.0. The number of anilines is 2. The molecule has 0 aliphatic rings. The van der Waals surface area contributed by atoms with Gasteiger partial charge in [0, 0.05) is 13.1 Å². The number of rotatable bonds is 8. The van der Waals surface area contributed by atoms with Crippen molar-refractivity contribution in [1.29, 1.82) is 0 Å². The molecule has 0 saturated carbocycles. The van der Waals surface area contributed by atoms with Crippen LogP contribution >= 0.6 is 23.1 Å². The minimum absolute atomic E-state index is 0.0373. The highest BCUT2D eigenvalue weighted by Gasteiger charge is 2.18.